The van der Waals surface area contributed by atoms with Crippen molar-refractivity contribution in [3.63, 3.8) is 0 Å². The van der Waals surface area contributed by atoms with E-state index in [2.05, 4.69) is 10.6 Å². The zero-order chi connectivity index (χ0) is 22.0. The number of likely N-dealkylation sites (N-methyl/N-ethyl adjacent to an activating group) is 1. The molecule has 0 radical (unpaired) electrons. The molecule has 0 spiro atoms. The molecule has 2 N–H and O–H groups in total. The second-order valence-electron chi connectivity index (χ2n) is 6.95. The summed E-state index contributed by atoms with van der Waals surface area (Å²) in [4.78, 5) is 50.1. The molecule has 9 heteroatoms. The molecule has 0 atom stereocenters. The summed E-state index contributed by atoms with van der Waals surface area (Å²) in [6.45, 7) is 2.12. The molecular weight excluding hydrogens is 400 g/mol. The summed E-state index contributed by atoms with van der Waals surface area (Å²) in [7, 11) is 0. The van der Waals surface area contributed by atoms with Gasteiger partial charge in [-0.25, -0.2) is 4.79 Å². The quantitative estimate of drug-likeness (QED) is 0.468. The Morgan fingerprint density at radius 2 is 1.97 bits per heavy atom. The number of rotatable bonds is 6. The van der Waals surface area contributed by atoms with Gasteiger partial charge in [0.2, 0.25) is 5.91 Å². The van der Waals surface area contributed by atoms with Crippen LogP contribution in [0.15, 0.2) is 58.8 Å². The number of carbonyl (C=O) groups excluding carboxylic acids is 4. The van der Waals surface area contributed by atoms with Crippen LogP contribution in [0.5, 0.6) is 0 Å². The highest BCUT2D eigenvalue weighted by atomic mass is 16.3. The Balaban J connectivity index is 1.63. The fraction of sp³-hybridized carbons (Fsp3) is 0.182. The number of furan rings is 1. The fourth-order valence-electron chi connectivity index (χ4n) is 3.47. The van der Waals surface area contributed by atoms with Crippen molar-refractivity contribution in [2.24, 2.45) is 0 Å². The van der Waals surface area contributed by atoms with Crippen LogP contribution < -0.4 is 10.6 Å². The highest BCUT2D eigenvalue weighted by molar-refractivity contribution is 6.31. The zero-order valence-corrected chi connectivity index (χ0v) is 16.8. The largest absolute Gasteiger partial charge is 0.467 e. The van der Waals surface area contributed by atoms with Crippen LogP contribution in [0.4, 0.5) is 4.79 Å². The van der Waals surface area contributed by atoms with E-state index in [0.29, 0.717) is 11.3 Å². The van der Waals surface area contributed by atoms with E-state index in [0.717, 1.165) is 15.8 Å². The van der Waals surface area contributed by atoms with Crippen molar-refractivity contribution in [2.75, 3.05) is 6.54 Å². The Kier molecular flexibility index (Phi) is 5.40. The van der Waals surface area contributed by atoms with E-state index in [1.165, 1.54) is 12.3 Å². The number of nitrogens with zero attached hydrogens (tertiary/aromatic N) is 2. The minimum atomic E-state index is -0.743. The van der Waals surface area contributed by atoms with Crippen molar-refractivity contribution in [1.29, 1.82) is 0 Å². The van der Waals surface area contributed by atoms with E-state index in [9.17, 15) is 19.2 Å². The monoisotopic (exact) mass is 420 g/mol. The van der Waals surface area contributed by atoms with Crippen LogP contribution in [0.3, 0.4) is 0 Å². The molecule has 0 saturated carbocycles. The first-order chi connectivity index (χ1) is 15.0. The highest BCUT2D eigenvalue weighted by Crippen LogP contribution is 2.25. The Hall–Kier alpha value is -4.14. The van der Waals surface area contributed by atoms with E-state index in [1.807, 2.05) is 24.3 Å². The lowest BCUT2D eigenvalue weighted by Gasteiger charge is -2.24. The molecule has 9 nitrogen and oxygen atoms in total. The number of para-hydroxylation sites is 1. The first-order valence-electron chi connectivity index (χ1n) is 9.73. The summed E-state index contributed by atoms with van der Waals surface area (Å²) in [5.74, 6) is -0.962. The van der Waals surface area contributed by atoms with Gasteiger partial charge in [0, 0.05) is 29.2 Å². The topological polar surface area (TPSA) is 114 Å². The van der Waals surface area contributed by atoms with Gasteiger partial charge in [-0.1, -0.05) is 18.2 Å². The summed E-state index contributed by atoms with van der Waals surface area (Å²) >= 11 is 0. The van der Waals surface area contributed by atoms with Crippen molar-refractivity contribution < 1.29 is 23.6 Å². The summed E-state index contributed by atoms with van der Waals surface area (Å²) in [5.41, 5.74) is 1.24. The summed E-state index contributed by atoms with van der Waals surface area (Å²) in [5, 5.41) is 5.74. The number of fused-ring (bicyclic) bond motifs is 1. The van der Waals surface area contributed by atoms with E-state index in [1.54, 1.807) is 29.8 Å². The minimum Gasteiger partial charge on any atom is -0.467 e. The maximum atomic E-state index is 12.6. The highest BCUT2D eigenvalue weighted by Gasteiger charge is 2.34. The van der Waals surface area contributed by atoms with Crippen LogP contribution in [0.2, 0.25) is 0 Å². The molecule has 3 aromatic rings. The van der Waals surface area contributed by atoms with Crippen molar-refractivity contribution in [1.82, 2.24) is 20.1 Å². The minimum absolute atomic E-state index is 0.0457. The average molecular weight is 420 g/mol. The molecule has 5 amide bonds. The van der Waals surface area contributed by atoms with Gasteiger partial charge in [0.05, 0.1) is 12.8 Å². The third kappa shape index (κ3) is 3.97. The van der Waals surface area contributed by atoms with Crippen LogP contribution >= 0.6 is 0 Å². The number of barbiturate groups is 1. The molecule has 0 bridgehead atoms. The molecule has 4 rings (SSSR count). The second-order valence-corrected chi connectivity index (χ2v) is 6.95. The van der Waals surface area contributed by atoms with Gasteiger partial charge in [-0.3, -0.25) is 24.6 Å². The molecule has 1 fully saturated rings. The number of carbonyl (C=O) groups is 4. The van der Waals surface area contributed by atoms with Gasteiger partial charge in [0.1, 0.15) is 17.9 Å². The van der Waals surface area contributed by atoms with E-state index < -0.39 is 17.8 Å². The molecule has 1 aromatic carbocycles. The number of benzene rings is 1. The Morgan fingerprint density at radius 1 is 1.16 bits per heavy atom. The molecule has 1 aliphatic heterocycles. The summed E-state index contributed by atoms with van der Waals surface area (Å²) < 4.78 is 6.95. The molecule has 1 aliphatic rings. The Morgan fingerprint density at radius 3 is 2.71 bits per heavy atom. The molecule has 158 valence electrons. The number of nitrogens with one attached hydrogen (secondary N) is 2. The average Bonchev–Trinajstić information content (AvgIpc) is 3.38. The maximum absolute atomic E-state index is 12.6. The third-order valence-electron chi connectivity index (χ3n) is 4.98. The summed E-state index contributed by atoms with van der Waals surface area (Å²) in [6.07, 6.45) is 4.69. The maximum Gasteiger partial charge on any atom is 0.331 e. The lowest BCUT2D eigenvalue weighted by molar-refractivity contribution is -0.130. The van der Waals surface area contributed by atoms with Gasteiger partial charge >= 0.3 is 6.03 Å². The lowest BCUT2D eigenvalue weighted by Crippen LogP contribution is -2.53. The van der Waals surface area contributed by atoms with Crippen LogP contribution in [-0.4, -0.2) is 39.8 Å². The lowest BCUT2D eigenvalue weighted by atomic mass is 10.1. The molecule has 0 unspecified atom stereocenters. The van der Waals surface area contributed by atoms with Crippen LogP contribution in [0.25, 0.3) is 17.0 Å². The van der Waals surface area contributed by atoms with Gasteiger partial charge in [0.15, 0.2) is 0 Å². The third-order valence-corrected chi connectivity index (χ3v) is 4.98. The number of hydrogen-bond acceptors (Lipinski definition) is 5. The molecule has 31 heavy (non-hydrogen) atoms. The molecule has 3 heterocycles. The number of amides is 5. The van der Waals surface area contributed by atoms with Gasteiger partial charge in [-0.15, -0.1) is 0 Å². The van der Waals surface area contributed by atoms with Crippen LogP contribution in [0.1, 0.15) is 18.2 Å². The standard InChI is InChI=1S/C22H20N4O5/c1-2-26-21(29)17(20(28)24-22(26)30)10-14-12-25(18-8-4-3-7-16(14)18)13-19(27)23-11-15-6-5-9-31-15/h3-10,12H,2,11,13H2,1H3,(H,23,27)(H,24,28,30)/b17-10+. The van der Waals surface area contributed by atoms with E-state index >= 15 is 0 Å². The number of hydrogen-bond donors (Lipinski definition) is 2. The predicted molar refractivity (Wildman–Crippen MR) is 111 cm³/mol. The van der Waals surface area contributed by atoms with Crippen molar-refractivity contribution in [3.8, 4) is 0 Å². The number of aromatic nitrogens is 1. The second kappa shape index (κ2) is 8.31. The van der Waals surface area contributed by atoms with Gasteiger partial charge in [-0.05, 0) is 31.2 Å². The van der Waals surface area contributed by atoms with Crippen molar-refractivity contribution in [3.05, 3.63) is 65.8 Å². The normalized spacial score (nSPS) is 15.6. The number of urea groups is 1. The molecular formula is C22H20N4O5. The number of imide groups is 2. The van der Waals surface area contributed by atoms with Crippen LogP contribution in [-0.2, 0) is 27.5 Å². The fourth-order valence-corrected chi connectivity index (χ4v) is 3.47. The van der Waals surface area contributed by atoms with Gasteiger partial charge in [0.25, 0.3) is 11.8 Å². The van der Waals surface area contributed by atoms with E-state index in [4.69, 9.17) is 4.42 Å². The molecule has 1 saturated heterocycles. The van der Waals surface area contributed by atoms with Crippen molar-refractivity contribution in [2.45, 2.75) is 20.0 Å². The first-order valence-corrected chi connectivity index (χ1v) is 9.73. The van der Waals surface area contributed by atoms with Crippen LogP contribution in [0, 0.1) is 0 Å². The van der Waals surface area contributed by atoms with Gasteiger partial charge < -0.3 is 14.3 Å². The molecule has 0 aliphatic carbocycles. The smallest absolute Gasteiger partial charge is 0.331 e. The summed E-state index contributed by atoms with van der Waals surface area (Å²) in [6, 6.07) is 10.1. The Labute approximate surface area is 177 Å². The van der Waals surface area contributed by atoms with Crippen molar-refractivity contribution >= 4 is 40.7 Å². The molecule has 2 aromatic heterocycles. The Bertz CT molecular complexity index is 1210. The first kappa shape index (κ1) is 20.1. The van der Waals surface area contributed by atoms with Gasteiger partial charge in [-0.2, -0.15) is 0 Å². The van der Waals surface area contributed by atoms with E-state index in [-0.39, 0.29) is 31.1 Å². The zero-order valence-electron chi connectivity index (χ0n) is 16.8. The SMILES string of the molecule is CCN1C(=O)NC(=O)/C(=C\c2cn(CC(=O)NCc3ccco3)c3ccccc23)C1=O. The predicted octanol–water partition coefficient (Wildman–Crippen LogP) is 2.03.